The van der Waals surface area contributed by atoms with E-state index in [0.29, 0.717) is 11.1 Å². The van der Waals surface area contributed by atoms with Crippen molar-refractivity contribution in [2.75, 3.05) is 0 Å². The van der Waals surface area contributed by atoms with Crippen LogP contribution >= 0.6 is 0 Å². The summed E-state index contributed by atoms with van der Waals surface area (Å²) in [4.78, 5) is 15.2. The normalized spacial score (nSPS) is 22.9. The Morgan fingerprint density at radius 2 is 2.10 bits per heavy atom. The van der Waals surface area contributed by atoms with Gasteiger partial charge in [-0.2, -0.15) is 4.98 Å². The highest BCUT2D eigenvalue weighted by Crippen LogP contribution is 2.28. The van der Waals surface area contributed by atoms with Crippen LogP contribution in [0.2, 0.25) is 0 Å². The first-order valence-electron chi connectivity index (χ1n) is 6.92. The van der Waals surface area contributed by atoms with Crippen LogP contribution in [0.25, 0.3) is 11.1 Å². The van der Waals surface area contributed by atoms with Crippen LogP contribution in [0, 0.1) is 5.92 Å². The third-order valence-corrected chi connectivity index (χ3v) is 3.85. The lowest BCUT2D eigenvalue weighted by molar-refractivity contribution is 0.0696. The molecular weight excluding hydrogens is 258 g/mol. The van der Waals surface area contributed by atoms with Crippen molar-refractivity contribution in [1.29, 1.82) is 0 Å². The number of rotatable bonds is 3. The van der Waals surface area contributed by atoms with E-state index in [2.05, 4.69) is 11.9 Å². The Labute approximate surface area is 116 Å². The number of carboxylic acids is 1. The lowest BCUT2D eigenvalue weighted by atomic mass is 9.89. The molecule has 0 unspecified atom stereocenters. The SMILES string of the molecule is CC1CCC(Oc2nc3ccc(C(=O)O)cc3o2)CC1. The zero-order valence-electron chi connectivity index (χ0n) is 11.3. The highest BCUT2D eigenvalue weighted by Gasteiger charge is 2.21. The third kappa shape index (κ3) is 2.61. The summed E-state index contributed by atoms with van der Waals surface area (Å²) in [5.74, 6) is -0.219. The van der Waals surface area contributed by atoms with Crippen molar-refractivity contribution in [1.82, 2.24) is 4.98 Å². The van der Waals surface area contributed by atoms with E-state index >= 15 is 0 Å². The molecule has 1 aromatic heterocycles. The van der Waals surface area contributed by atoms with Crippen LogP contribution in [0.4, 0.5) is 0 Å². The highest BCUT2D eigenvalue weighted by atomic mass is 16.6. The van der Waals surface area contributed by atoms with Gasteiger partial charge >= 0.3 is 12.0 Å². The van der Waals surface area contributed by atoms with E-state index in [0.717, 1.165) is 31.6 Å². The molecule has 0 spiro atoms. The molecule has 1 N–H and O–H groups in total. The minimum Gasteiger partial charge on any atom is -0.478 e. The Kier molecular flexibility index (Phi) is 3.34. The average molecular weight is 275 g/mol. The van der Waals surface area contributed by atoms with E-state index in [4.69, 9.17) is 14.3 Å². The first-order chi connectivity index (χ1) is 9.61. The standard InChI is InChI=1S/C15H17NO4/c1-9-2-5-11(6-3-9)19-15-16-12-7-4-10(14(17)18)8-13(12)20-15/h4,7-9,11H,2-3,5-6H2,1H3,(H,17,18). The Hall–Kier alpha value is -2.04. The van der Waals surface area contributed by atoms with Gasteiger partial charge in [0.25, 0.3) is 0 Å². The van der Waals surface area contributed by atoms with Crippen LogP contribution < -0.4 is 4.74 Å². The maximum atomic E-state index is 10.9. The van der Waals surface area contributed by atoms with E-state index in [1.807, 2.05) is 0 Å². The van der Waals surface area contributed by atoms with Crippen molar-refractivity contribution in [2.45, 2.75) is 38.7 Å². The molecule has 1 fully saturated rings. The molecule has 5 heteroatoms. The van der Waals surface area contributed by atoms with Crippen molar-refractivity contribution in [2.24, 2.45) is 5.92 Å². The van der Waals surface area contributed by atoms with Gasteiger partial charge in [0, 0.05) is 0 Å². The molecule has 1 saturated carbocycles. The average Bonchev–Trinajstić information content (AvgIpc) is 2.82. The van der Waals surface area contributed by atoms with Crippen LogP contribution in [0.3, 0.4) is 0 Å². The third-order valence-electron chi connectivity index (χ3n) is 3.85. The van der Waals surface area contributed by atoms with Gasteiger partial charge in [-0.25, -0.2) is 4.79 Å². The van der Waals surface area contributed by atoms with E-state index in [1.165, 1.54) is 12.1 Å². The molecule has 5 nitrogen and oxygen atoms in total. The Morgan fingerprint density at radius 3 is 2.80 bits per heavy atom. The van der Waals surface area contributed by atoms with Crippen LogP contribution in [-0.2, 0) is 0 Å². The maximum absolute atomic E-state index is 10.9. The van der Waals surface area contributed by atoms with Crippen LogP contribution in [0.1, 0.15) is 43.0 Å². The number of aromatic carboxylic acids is 1. The number of hydrogen-bond donors (Lipinski definition) is 1. The smallest absolute Gasteiger partial charge is 0.394 e. The number of aromatic nitrogens is 1. The molecular formula is C15H17NO4. The topological polar surface area (TPSA) is 72.6 Å². The molecule has 0 aliphatic heterocycles. The molecule has 106 valence electrons. The minimum atomic E-state index is -0.980. The summed E-state index contributed by atoms with van der Waals surface area (Å²) < 4.78 is 11.3. The summed E-state index contributed by atoms with van der Waals surface area (Å²) >= 11 is 0. The largest absolute Gasteiger partial charge is 0.478 e. The number of carbonyl (C=O) groups is 1. The number of nitrogens with zero attached hydrogens (tertiary/aromatic N) is 1. The number of fused-ring (bicyclic) bond motifs is 1. The van der Waals surface area contributed by atoms with Crippen molar-refractivity contribution in [3.8, 4) is 6.08 Å². The molecule has 1 aliphatic carbocycles. The fraction of sp³-hybridized carbons (Fsp3) is 0.467. The van der Waals surface area contributed by atoms with Crippen molar-refractivity contribution in [3.05, 3.63) is 23.8 Å². The molecule has 0 saturated heterocycles. The molecule has 1 aromatic carbocycles. The Morgan fingerprint density at radius 1 is 1.35 bits per heavy atom. The van der Waals surface area contributed by atoms with Crippen molar-refractivity contribution < 1.29 is 19.1 Å². The summed E-state index contributed by atoms with van der Waals surface area (Å²) in [7, 11) is 0. The fourth-order valence-electron chi connectivity index (χ4n) is 2.58. The highest BCUT2D eigenvalue weighted by molar-refractivity contribution is 5.91. The second kappa shape index (κ2) is 5.15. The molecule has 0 amide bonds. The fourth-order valence-corrected chi connectivity index (χ4v) is 2.58. The quantitative estimate of drug-likeness (QED) is 0.928. The lowest BCUT2D eigenvalue weighted by Crippen LogP contribution is -2.23. The van der Waals surface area contributed by atoms with Gasteiger partial charge < -0.3 is 14.3 Å². The molecule has 3 rings (SSSR count). The summed E-state index contributed by atoms with van der Waals surface area (Å²) in [6.45, 7) is 2.25. The predicted octanol–water partition coefficient (Wildman–Crippen LogP) is 3.48. The van der Waals surface area contributed by atoms with Gasteiger partial charge in [0.05, 0.1) is 5.56 Å². The van der Waals surface area contributed by atoms with E-state index in [9.17, 15) is 4.79 Å². The van der Waals surface area contributed by atoms with Crippen LogP contribution in [0.5, 0.6) is 6.08 Å². The molecule has 1 aliphatic rings. The van der Waals surface area contributed by atoms with Gasteiger partial charge in [-0.3, -0.25) is 0 Å². The number of benzene rings is 1. The maximum Gasteiger partial charge on any atom is 0.394 e. The van der Waals surface area contributed by atoms with Gasteiger partial charge in [-0.05, 0) is 49.8 Å². The Balaban J connectivity index is 1.77. The van der Waals surface area contributed by atoms with Gasteiger partial charge in [-0.1, -0.05) is 6.92 Å². The molecule has 20 heavy (non-hydrogen) atoms. The molecule has 0 atom stereocenters. The molecule has 0 radical (unpaired) electrons. The zero-order valence-corrected chi connectivity index (χ0v) is 11.3. The number of ether oxygens (including phenoxy) is 1. The van der Waals surface area contributed by atoms with Crippen molar-refractivity contribution >= 4 is 17.1 Å². The molecule has 2 aromatic rings. The summed E-state index contributed by atoms with van der Waals surface area (Å²) in [6, 6.07) is 4.62. The van der Waals surface area contributed by atoms with E-state index < -0.39 is 5.97 Å². The van der Waals surface area contributed by atoms with Crippen LogP contribution in [0.15, 0.2) is 22.6 Å². The van der Waals surface area contributed by atoms with E-state index in [-0.39, 0.29) is 17.7 Å². The predicted molar refractivity (Wildman–Crippen MR) is 73.0 cm³/mol. The van der Waals surface area contributed by atoms with E-state index in [1.54, 1.807) is 6.07 Å². The monoisotopic (exact) mass is 275 g/mol. The number of oxazole rings is 1. The second-order valence-electron chi connectivity index (χ2n) is 5.47. The minimum absolute atomic E-state index is 0.151. The lowest BCUT2D eigenvalue weighted by Gasteiger charge is -2.25. The van der Waals surface area contributed by atoms with Gasteiger partial charge in [-0.15, -0.1) is 0 Å². The van der Waals surface area contributed by atoms with Gasteiger partial charge in [0.15, 0.2) is 5.58 Å². The second-order valence-corrected chi connectivity index (χ2v) is 5.47. The van der Waals surface area contributed by atoms with Gasteiger partial charge in [0.2, 0.25) is 0 Å². The van der Waals surface area contributed by atoms with Crippen LogP contribution in [-0.4, -0.2) is 22.2 Å². The first-order valence-corrected chi connectivity index (χ1v) is 6.92. The summed E-state index contributed by atoms with van der Waals surface area (Å²) in [5.41, 5.74) is 1.25. The summed E-state index contributed by atoms with van der Waals surface area (Å²) in [5, 5.41) is 8.94. The van der Waals surface area contributed by atoms with Gasteiger partial charge in [0.1, 0.15) is 11.6 Å². The number of hydrogen-bond acceptors (Lipinski definition) is 4. The first kappa shape index (κ1) is 13.0. The molecule has 1 heterocycles. The summed E-state index contributed by atoms with van der Waals surface area (Å²) in [6.07, 6.45) is 4.74. The van der Waals surface area contributed by atoms with Crippen molar-refractivity contribution in [3.63, 3.8) is 0 Å². The molecule has 0 bridgehead atoms. The zero-order chi connectivity index (χ0) is 14.1. The number of carboxylic acid groups (broad SMARTS) is 1. The Bertz CT molecular complexity index is 626.